The van der Waals surface area contributed by atoms with Gasteiger partial charge in [0.15, 0.2) is 5.82 Å². The van der Waals surface area contributed by atoms with Crippen molar-refractivity contribution in [1.29, 1.82) is 0 Å². The van der Waals surface area contributed by atoms with Crippen molar-refractivity contribution in [3.63, 3.8) is 0 Å². The zero-order valence-electron chi connectivity index (χ0n) is 24.7. The number of likely N-dealkylation sites (tertiary alicyclic amines) is 1. The number of anilines is 2. The monoisotopic (exact) mass is 656 g/mol. The van der Waals surface area contributed by atoms with E-state index in [-0.39, 0.29) is 23.4 Å². The highest BCUT2D eigenvalue weighted by Gasteiger charge is 2.36. The molecule has 12 heteroatoms. The first-order valence-corrected chi connectivity index (χ1v) is 17.1. The molecular formula is C32H34ClFN4O4S2. The van der Waals surface area contributed by atoms with E-state index in [1.165, 1.54) is 54.3 Å². The average Bonchev–Trinajstić information content (AvgIpc) is 3.81. The Hall–Kier alpha value is -3.38. The molecule has 0 amide bonds. The van der Waals surface area contributed by atoms with E-state index < -0.39 is 20.7 Å². The Kier molecular flexibility index (Phi) is 8.74. The molecule has 44 heavy (non-hydrogen) atoms. The smallest absolute Gasteiger partial charge is 0.268 e. The van der Waals surface area contributed by atoms with E-state index in [0.717, 1.165) is 36.7 Å². The molecule has 2 aliphatic rings. The Morgan fingerprint density at radius 1 is 1.11 bits per heavy atom. The standard InChI is InChI=1S/C32H34ClFN4O4S2/c1-36(23-12-13-37(18-23)28-11-9-21-6-4-5-7-25(21)28)29-16-27(34)31(15-26(29)33)44(39,40)38(32-19-43-20-35-32)17-22-8-10-24(41-2)14-30(22)42-3/h4-8,10,14-16,19-20,23,28H,9,11-13,17-18H2,1-3H3/t23-,28?/m0/s1. The summed E-state index contributed by atoms with van der Waals surface area (Å²) in [6.45, 7) is 1.60. The molecule has 1 aliphatic carbocycles. The van der Waals surface area contributed by atoms with E-state index in [4.69, 9.17) is 21.1 Å². The van der Waals surface area contributed by atoms with Gasteiger partial charge in [-0.15, -0.1) is 11.3 Å². The molecule has 1 aromatic heterocycles. The minimum Gasteiger partial charge on any atom is -0.497 e. The van der Waals surface area contributed by atoms with Gasteiger partial charge in [-0.05, 0) is 48.6 Å². The van der Waals surface area contributed by atoms with Gasteiger partial charge in [0, 0.05) is 55.3 Å². The second-order valence-electron chi connectivity index (χ2n) is 11.1. The van der Waals surface area contributed by atoms with Crippen molar-refractivity contribution in [1.82, 2.24) is 9.88 Å². The van der Waals surface area contributed by atoms with Gasteiger partial charge >= 0.3 is 0 Å². The van der Waals surface area contributed by atoms with Gasteiger partial charge < -0.3 is 14.4 Å². The molecule has 0 spiro atoms. The zero-order valence-corrected chi connectivity index (χ0v) is 27.1. The first-order valence-electron chi connectivity index (χ1n) is 14.4. The molecule has 6 rings (SSSR count). The third-order valence-corrected chi connectivity index (χ3v) is 11.4. The van der Waals surface area contributed by atoms with Crippen LogP contribution >= 0.6 is 22.9 Å². The maximum Gasteiger partial charge on any atom is 0.268 e. The Bertz CT molecular complexity index is 1760. The summed E-state index contributed by atoms with van der Waals surface area (Å²) < 4.78 is 55.9. The predicted molar refractivity (Wildman–Crippen MR) is 172 cm³/mol. The second-order valence-corrected chi connectivity index (χ2v) is 14.0. The van der Waals surface area contributed by atoms with Crippen LogP contribution in [0.25, 0.3) is 0 Å². The molecule has 1 saturated heterocycles. The molecule has 0 saturated carbocycles. The molecule has 1 fully saturated rings. The molecular weight excluding hydrogens is 623 g/mol. The third-order valence-electron chi connectivity index (χ3n) is 8.72. The Labute approximate surface area is 266 Å². The number of rotatable bonds is 10. The van der Waals surface area contributed by atoms with Gasteiger partial charge in [-0.3, -0.25) is 4.90 Å². The van der Waals surface area contributed by atoms with E-state index in [0.29, 0.717) is 28.8 Å². The summed E-state index contributed by atoms with van der Waals surface area (Å²) in [5.41, 5.74) is 5.35. The number of thiazole rings is 1. The van der Waals surface area contributed by atoms with Crippen molar-refractivity contribution < 1.29 is 22.3 Å². The molecule has 2 heterocycles. The van der Waals surface area contributed by atoms with Crippen LogP contribution in [0.4, 0.5) is 15.9 Å². The van der Waals surface area contributed by atoms with Crippen molar-refractivity contribution in [2.45, 2.75) is 42.8 Å². The van der Waals surface area contributed by atoms with Crippen molar-refractivity contribution in [2.75, 3.05) is 43.6 Å². The summed E-state index contributed by atoms with van der Waals surface area (Å²) in [6.07, 6.45) is 3.07. The minimum absolute atomic E-state index is 0.108. The number of ether oxygens (including phenoxy) is 2. The number of methoxy groups -OCH3 is 2. The highest BCUT2D eigenvalue weighted by atomic mass is 35.5. The van der Waals surface area contributed by atoms with Gasteiger partial charge in [0.05, 0.1) is 37.0 Å². The number of hydrogen-bond donors (Lipinski definition) is 0. The largest absolute Gasteiger partial charge is 0.497 e. The number of hydrogen-bond acceptors (Lipinski definition) is 8. The first kappa shape index (κ1) is 30.6. The molecule has 3 aromatic carbocycles. The van der Waals surface area contributed by atoms with E-state index in [1.54, 1.807) is 23.6 Å². The number of sulfonamides is 1. The number of likely N-dealkylation sites (N-methyl/N-ethyl adjacent to an activating group) is 1. The molecule has 0 bridgehead atoms. The molecule has 0 N–H and O–H groups in total. The fourth-order valence-corrected chi connectivity index (χ4v) is 8.77. The van der Waals surface area contributed by atoms with E-state index in [1.807, 2.05) is 11.9 Å². The van der Waals surface area contributed by atoms with Gasteiger partial charge in [-0.2, -0.15) is 0 Å². The second kappa shape index (κ2) is 12.5. The molecule has 1 unspecified atom stereocenters. The van der Waals surface area contributed by atoms with Crippen molar-refractivity contribution >= 4 is 44.5 Å². The SMILES string of the molecule is COc1ccc(CN(c2cscn2)S(=O)(=O)c2cc(Cl)c(N(C)[C@H]3CCN(C4CCc5ccccc54)C3)cc2F)c(OC)c1. The molecule has 2 atom stereocenters. The molecule has 232 valence electrons. The maximum atomic E-state index is 15.9. The average molecular weight is 657 g/mol. The Morgan fingerprint density at radius 2 is 1.93 bits per heavy atom. The summed E-state index contributed by atoms with van der Waals surface area (Å²) in [5.74, 6) is 0.286. The molecule has 1 aliphatic heterocycles. The molecule has 8 nitrogen and oxygen atoms in total. The Balaban J connectivity index is 1.26. The van der Waals surface area contributed by atoms with Crippen LogP contribution in [0.1, 0.15) is 35.6 Å². The number of aromatic nitrogens is 1. The predicted octanol–water partition coefficient (Wildman–Crippen LogP) is 6.55. The highest BCUT2D eigenvalue weighted by molar-refractivity contribution is 7.92. The number of aryl methyl sites for hydroxylation is 1. The summed E-state index contributed by atoms with van der Waals surface area (Å²) >= 11 is 7.97. The van der Waals surface area contributed by atoms with Crippen molar-refractivity contribution in [3.05, 3.63) is 93.0 Å². The van der Waals surface area contributed by atoms with Gasteiger partial charge in [-0.25, -0.2) is 22.1 Å². The van der Waals surface area contributed by atoms with Crippen LogP contribution in [0.2, 0.25) is 5.02 Å². The lowest BCUT2D eigenvalue weighted by Gasteiger charge is -2.30. The van der Waals surface area contributed by atoms with Crippen LogP contribution in [0.5, 0.6) is 11.5 Å². The minimum atomic E-state index is -4.42. The van der Waals surface area contributed by atoms with Crippen molar-refractivity contribution in [2.24, 2.45) is 0 Å². The lowest BCUT2D eigenvalue weighted by atomic mass is 10.1. The van der Waals surface area contributed by atoms with Gasteiger partial charge in [0.25, 0.3) is 10.0 Å². The highest BCUT2D eigenvalue weighted by Crippen LogP contribution is 2.40. The lowest BCUT2D eigenvalue weighted by molar-refractivity contribution is 0.242. The molecule has 4 aromatic rings. The zero-order chi connectivity index (χ0) is 31.0. The first-order chi connectivity index (χ1) is 21.2. The summed E-state index contributed by atoms with van der Waals surface area (Å²) in [4.78, 5) is 8.18. The van der Waals surface area contributed by atoms with Crippen LogP contribution in [0, 0.1) is 5.82 Å². The number of halogens is 2. The third kappa shape index (κ3) is 5.74. The quantitative estimate of drug-likeness (QED) is 0.192. The van der Waals surface area contributed by atoms with Gasteiger partial charge in [0.1, 0.15) is 22.2 Å². The summed E-state index contributed by atoms with van der Waals surface area (Å²) in [7, 11) is 0.495. The lowest BCUT2D eigenvalue weighted by Crippen LogP contribution is -2.36. The van der Waals surface area contributed by atoms with E-state index in [2.05, 4.69) is 34.1 Å². The Morgan fingerprint density at radius 3 is 2.68 bits per heavy atom. The fourth-order valence-electron chi connectivity index (χ4n) is 6.34. The van der Waals surface area contributed by atoms with Crippen LogP contribution in [0.3, 0.4) is 0 Å². The topological polar surface area (TPSA) is 75.2 Å². The van der Waals surface area contributed by atoms with Crippen LogP contribution in [-0.4, -0.2) is 58.7 Å². The normalized spacial score (nSPS) is 18.3. The van der Waals surface area contributed by atoms with Crippen LogP contribution in [0.15, 0.2) is 70.4 Å². The van der Waals surface area contributed by atoms with Crippen LogP contribution < -0.4 is 18.7 Å². The summed E-state index contributed by atoms with van der Waals surface area (Å²) in [6, 6.07) is 16.6. The van der Waals surface area contributed by atoms with Crippen LogP contribution in [-0.2, 0) is 23.0 Å². The number of nitrogens with zero attached hydrogens (tertiary/aromatic N) is 4. The van der Waals surface area contributed by atoms with Gasteiger partial charge in [0.2, 0.25) is 0 Å². The molecule has 0 radical (unpaired) electrons. The van der Waals surface area contributed by atoms with Gasteiger partial charge in [-0.1, -0.05) is 35.9 Å². The number of benzene rings is 3. The van der Waals surface area contributed by atoms with E-state index in [9.17, 15) is 8.42 Å². The van der Waals surface area contributed by atoms with Crippen molar-refractivity contribution in [3.8, 4) is 11.5 Å². The summed E-state index contributed by atoms with van der Waals surface area (Å²) in [5, 5.41) is 1.77. The fraction of sp³-hybridized carbons (Fsp3) is 0.344. The maximum absolute atomic E-state index is 15.9. The number of fused-ring (bicyclic) bond motifs is 1. The van der Waals surface area contributed by atoms with E-state index >= 15 is 4.39 Å².